The summed E-state index contributed by atoms with van der Waals surface area (Å²) in [6.45, 7) is 5.02. The molecule has 0 atom stereocenters. The van der Waals surface area contributed by atoms with Crippen LogP contribution in [0.1, 0.15) is 52.4 Å². The maximum Gasteiger partial charge on any atom is 0.313 e. The summed E-state index contributed by atoms with van der Waals surface area (Å²) in [5, 5.41) is 0. The Bertz CT molecular complexity index is 272. The molecule has 2 N–H and O–H groups in total. The number of hydrogen-bond donors (Lipinski definition) is 1. The number of rotatable bonds is 3. The molecule has 0 aromatic heterocycles. The summed E-state index contributed by atoms with van der Waals surface area (Å²) in [4.78, 5) is 11.9. The number of hydrogen-bond acceptors (Lipinski definition) is 3. The van der Waals surface area contributed by atoms with E-state index in [0.29, 0.717) is 12.0 Å². The molecule has 0 bridgehead atoms. The SMILES string of the molecule is CC1(C)CCC(OC(=O)C2(CN)CC2)CC1. The lowest BCUT2D eigenvalue weighted by Crippen LogP contribution is -2.34. The van der Waals surface area contributed by atoms with Crippen molar-refractivity contribution in [1.29, 1.82) is 0 Å². The second-order valence-electron chi connectivity index (χ2n) is 6.25. The molecule has 16 heavy (non-hydrogen) atoms. The van der Waals surface area contributed by atoms with Crippen molar-refractivity contribution < 1.29 is 9.53 Å². The van der Waals surface area contributed by atoms with E-state index in [1.165, 1.54) is 0 Å². The molecule has 2 fully saturated rings. The van der Waals surface area contributed by atoms with Crippen LogP contribution in [0.15, 0.2) is 0 Å². The minimum absolute atomic E-state index is 0.0419. The van der Waals surface area contributed by atoms with E-state index < -0.39 is 0 Å². The van der Waals surface area contributed by atoms with Crippen LogP contribution in [0.5, 0.6) is 0 Å². The van der Waals surface area contributed by atoms with Crippen molar-refractivity contribution >= 4 is 5.97 Å². The van der Waals surface area contributed by atoms with Gasteiger partial charge in [0.2, 0.25) is 0 Å². The molecular formula is C13H23NO2. The van der Waals surface area contributed by atoms with Crippen molar-refractivity contribution in [3.05, 3.63) is 0 Å². The number of nitrogens with two attached hydrogens (primary N) is 1. The highest BCUT2D eigenvalue weighted by molar-refractivity contribution is 5.80. The summed E-state index contributed by atoms with van der Waals surface area (Å²) in [5.41, 5.74) is 5.74. The first-order valence-electron chi connectivity index (χ1n) is 6.39. The molecule has 2 aliphatic carbocycles. The first-order chi connectivity index (χ1) is 7.47. The maximum absolute atomic E-state index is 11.9. The molecule has 0 spiro atoms. The van der Waals surface area contributed by atoms with Gasteiger partial charge in [-0.2, -0.15) is 0 Å². The van der Waals surface area contributed by atoms with Crippen molar-refractivity contribution in [3.63, 3.8) is 0 Å². The third-order valence-corrected chi connectivity index (χ3v) is 4.24. The van der Waals surface area contributed by atoms with Crippen LogP contribution in [-0.4, -0.2) is 18.6 Å². The van der Waals surface area contributed by atoms with Gasteiger partial charge in [0.15, 0.2) is 0 Å². The molecule has 0 aromatic rings. The molecule has 3 nitrogen and oxygen atoms in total. The van der Waals surface area contributed by atoms with Gasteiger partial charge in [0.1, 0.15) is 6.10 Å². The Hall–Kier alpha value is -0.570. The predicted molar refractivity (Wildman–Crippen MR) is 62.9 cm³/mol. The number of carbonyl (C=O) groups excluding carboxylic acids is 1. The Morgan fingerprint density at radius 2 is 1.81 bits per heavy atom. The molecule has 92 valence electrons. The molecule has 0 amide bonds. The van der Waals surface area contributed by atoms with Gasteiger partial charge in [0.25, 0.3) is 0 Å². The molecule has 3 heteroatoms. The van der Waals surface area contributed by atoms with E-state index >= 15 is 0 Å². The van der Waals surface area contributed by atoms with Crippen LogP contribution < -0.4 is 5.73 Å². The van der Waals surface area contributed by atoms with E-state index in [-0.39, 0.29) is 17.5 Å². The van der Waals surface area contributed by atoms with Gasteiger partial charge < -0.3 is 10.5 Å². The zero-order chi connectivity index (χ0) is 11.8. The van der Waals surface area contributed by atoms with Gasteiger partial charge in [-0.05, 0) is 43.9 Å². The topological polar surface area (TPSA) is 52.3 Å². The van der Waals surface area contributed by atoms with Crippen LogP contribution in [0, 0.1) is 10.8 Å². The highest BCUT2D eigenvalue weighted by Crippen LogP contribution is 2.46. The minimum atomic E-state index is -0.299. The van der Waals surface area contributed by atoms with Gasteiger partial charge in [-0.3, -0.25) is 4.79 Å². The molecule has 2 aliphatic rings. The Labute approximate surface area is 97.7 Å². The molecule has 0 radical (unpaired) electrons. The summed E-state index contributed by atoms with van der Waals surface area (Å²) < 4.78 is 5.58. The lowest BCUT2D eigenvalue weighted by molar-refractivity contribution is -0.158. The zero-order valence-electron chi connectivity index (χ0n) is 10.4. The van der Waals surface area contributed by atoms with Crippen molar-refractivity contribution in [2.75, 3.05) is 6.54 Å². The average molecular weight is 225 g/mol. The van der Waals surface area contributed by atoms with Crippen molar-refractivity contribution in [2.24, 2.45) is 16.6 Å². The Balaban J connectivity index is 1.81. The summed E-state index contributed by atoms with van der Waals surface area (Å²) in [6.07, 6.45) is 6.31. The quantitative estimate of drug-likeness (QED) is 0.749. The third kappa shape index (κ3) is 2.40. The van der Waals surface area contributed by atoms with Crippen molar-refractivity contribution in [2.45, 2.75) is 58.5 Å². The Kier molecular flexibility index (Phi) is 2.99. The van der Waals surface area contributed by atoms with Gasteiger partial charge in [-0.1, -0.05) is 13.8 Å². The van der Waals surface area contributed by atoms with Gasteiger partial charge in [-0.15, -0.1) is 0 Å². The van der Waals surface area contributed by atoms with Gasteiger partial charge in [0, 0.05) is 6.54 Å². The van der Waals surface area contributed by atoms with Gasteiger partial charge in [-0.25, -0.2) is 0 Å². The van der Waals surface area contributed by atoms with Crippen LogP contribution in [0.25, 0.3) is 0 Å². The molecule has 2 rings (SSSR count). The van der Waals surface area contributed by atoms with E-state index in [2.05, 4.69) is 13.8 Å². The molecule has 0 unspecified atom stereocenters. The third-order valence-electron chi connectivity index (χ3n) is 4.24. The first-order valence-corrected chi connectivity index (χ1v) is 6.39. The molecular weight excluding hydrogens is 202 g/mol. The van der Waals surface area contributed by atoms with Gasteiger partial charge in [0.05, 0.1) is 5.41 Å². The number of esters is 1. The van der Waals surface area contributed by atoms with E-state index in [1.807, 2.05) is 0 Å². The summed E-state index contributed by atoms with van der Waals surface area (Å²) in [5.74, 6) is -0.0419. The summed E-state index contributed by atoms with van der Waals surface area (Å²) >= 11 is 0. The fraction of sp³-hybridized carbons (Fsp3) is 0.923. The zero-order valence-corrected chi connectivity index (χ0v) is 10.4. The van der Waals surface area contributed by atoms with Crippen LogP contribution in [0.4, 0.5) is 0 Å². The van der Waals surface area contributed by atoms with Crippen LogP contribution in [0.2, 0.25) is 0 Å². The molecule has 0 saturated heterocycles. The summed E-state index contributed by atoms with van der Waals surface area (Å²) in [6, 6.07) is 0. The molecule has 0 heterocycles. The lowest BCUT2D eigenvalue weighted by Gasteiger charge is -2.34. The average Bonchev–Trinajstić information content (AvgIpc) is 3.02. The smallest absolute Gasteiger partial charge is 0.313 e. The van der Waals surface area contributed by atoms with Crippen molar-refractivity contribution in [1.82, 2.24) is 0 Å². The second-order valence-corrected chi connectivity index (χ2v) is 6.25. The molecule has 0 aromatic carbocycles. The predicted octanol–water partition coefficient (Wildman–Crippen LogP) is 2.24. The maximum atomic E-state index is 11.9. The molecule has 0 aliphatic heterocycles. The van der Waals surface area contributed by atoms with E-state index in [4.69, 9.17) is 10.5 Å². The van der Waals surface area contributed by atoms with Crippen molar-refractivity contribution in [3.8, 4) is 0 Å². The van der Waals surface area contributed by atoms with Crippen LogP contribution in [-0.2, 0) is 9.53 Å². The largest absolute Gasteiger partial charge is 0.462 e. The number of ether oxygens (including phenoxy) is 1. The van der Waals surface area contributed by atoms with E-state index in [1.54, 1.807) is 0 Å². The number of carbonyl (C=O) groups is 1. The van der Waals surface area contributed by atoms with Gasteiger partial charge >= 0.3 is 5.97 Å². The normalized spacial score (nSPS) is 27.4. The van der Waals surface area contributed by atoms with E-state index in [0.717, 1.165) is 38.5 Å². The highest BCUT2D eigenvalue weighted by Gasteiger charge is 2.50. The lowest BCUT2D eigenvalue weighted by atomic mass is 9.76. The fourth-order valence-electron chi connectivity index (χ4n) is 2.41. The first kappa shape index (κ1) is 11.9. The standard InChI is InChI=1S/C13H23NO2/c1-12(2)5-3-10(4-6-12)16-11(15)13(9-14)7-8-13/h10H,3-9,14H2,1-2H3. The monoisotopic (exact) mass is 225 g/mol. The minimum Gasteiger partial charge on any atom is -0.462 e. The van der Waals surface area contributed by atoms with E-state index in [9.17, 15) is 4.79 Å². The molecule has 2 saturated carbocycles. The summed E-state index contributed by atoms with van der Waals surface area (Å²) in [7, 11) is 0. The second kappa shape index (κ2) is 4.02. The Morgan fingerprint density at radius 1 is 1.25 bits per heavy atom. The van der Waals surface area contributed by atoms with Crippen LogP contribution in [0.3, 0.4) is 0 Å². The fourth-order valence-corrected chi connectivity index (χ4v) is 2.41. The van der Waals surface area contributed by atoms with Crippen LogP contribution >= 0.6 is 0 Å². The highest BCUT2D eigenvalue weighted by atomic mass is 16.5. The Morgan fingerprint density at radius 3 is 2.25 bits per heavy atom.